The van der Waals surface area contributed by atoms with E-state index in [0.717, 1.165) is 29.8 Å². The van der Waals surface area contributed by atoms with Gasteiger partial charge in [-0.25, -0.2) is 4.98 Å². The SMILES string of the molecule is CCOC(=O)C(C)(C)c1csc(N2CCC(C)CC2)n1. The normalized spacial score (nSPS) is 17.3. The molecule has 0 bridgehead atoms. The molecular formula is C15H24N2O2S. The lowest BCUT2D eigenvalue weighted by Gasteiger charge is -2.30. The lowest BCUT2D eigenvalue weighted by atomic mass is 9.90. The third kappa shape index (κ3) is 3.14. The first-order chi connectivity index (χ1) is 9.45. The van der Waals surface area contributed by atoms with Gasteiger partial charge in [0.25, 0.3) is 0 Å². The number of anilines is 1. The van der Waals surface area contributed by atoms with Gasteiger partial charge >= 0.3 is 5.97 Å². The average Bonchev–Trinajstić information content (AvgIpc) is 2.90. The predicted octanol–water partition coefficient (Wildman–Crippen LogP) is 3.22. The summed E-state index contributed by atoms with van der Waals surface area (Å²) in [5.41, 5.74) is 0.142. The van der Waals surface area contributed by atoms with Crippen molar-refractivity contribution in [3.05, 3.63) is 11.1 Å². The van der Waals surface area contributed by atoms with Crippen LogP contribution in [0.2, 0.25) is 0 Å². The molecule has 0 aromatic carbocycles. The molecule has 0 radical (unpaired) electrons. The summed E-state index contributed by atoms with van der Waals surface area (Å²) in [6.07, 6.45) is 2.44. The number of thiazole rings is 1. The summed E-state index contributed by atoms with van der Waals surface area (Å²) in [5.74, 6) is 0.603. The van der Waals surface area contributed by atoms with Crippen LogP contribution in [-0.2, 0) is 14.9 Å². The van der Waals surface area contributed by atoms with Crippen molar-refractivity contribution in [2.75, 3.05) is 24.6 Å². The Morgan fingerprint density at radius 1 is 1.50 bits per heavy atom. The van der Waals surface area contributed by atoms with Crippen LogP contribution in [0.15, 0.2) is 5.38 Å². The summed E-state index contributed by atoms with van der Waals surface area (Å²) in [4.78, 5) is 19.0. The first kappa shape index (κ1) is 15.3. The minimum absolute atomic E-state index is 0.205. The second-order valence-corrected chi connectivity index (χ2v) is 6.87. The van der Waals surface area contributed by atoms with Crippen LogP contribution in [0.1, 0.15) is 46.2 Å². The van der Waals surface area contributed by atoms with Gasteiger partial charge in [0, 0.05) is 18.5 Å². The summed E-state index contributed by atoms with van der Waals surface area (Å²) >= 11 is 1.63. The van der Waals surface area contributed by atoms with E-state index in [1.54, 1.807) is 11.3 Å². The number of nitrogens with zero attached hydrogens (tertiary/aromatic N) is 2. The maximum absolute atomic E-state index is 12.0. The van der Waals surface area contributed by atoms with Gasteiger partial charge in [-0.1, -0.05) is 6.92 Å². The molecule has 0 spiro atoms. The van der Waals surface area contributed by atoms with Gasteiger partial charge in [-0.3, -0.25) is 4.79 Å². The fourth-order valence-corrected chi connectivity index (χ4v) is 3.36. The molecule has 4 nitrogen and oxygen atoms in total. The van der Waals surface area contributed by atoms with Crippen molar-refractivity contribution in [3.63, 3.8) is 0 Å². The molecule has 1 fully saturated rings. The maximum atomic E-state index is 12.0. The zero-order valence-electron chi connectivity index (χ0n) is 12.8. The second kappa shape index (κ2) is 6.12. The highest BCUT2D eigenvalue weighted by Crippen LogP contribution is 2.31. The zero-order chi connectivity index (χ0) is 14.8. The van der Waals surface area contributed by atoms with Gasteiger partial charge < -0.3 is 9.64 Å². The van der Waals surface area contributed by atoms with Crippen LogP contribution >= 0.6 is 11.3 Å². The van der Waals surface area contributed by atoms with E-state index in [1.807, 2.05) is 26.2 Å². The summed E-state index contributed by atoms with van der Waals surface area (Å²) in [7, 11) is 0. The van der Waals surface area contributed by atoms with Crippen molar-refractivity contribution in [2.24, 2.45) is 5.92 Å². The van der Waals surface area contributed by atoms with E-state index in [-0.39, 0.29) is 5.97 Å². The number of esters is 1. The number of hydrogen-bond acceptors (Lipinski definition) is 5. The molecule has 112 valence electrons. The van der Waals surface area contributed by atoms with Crippen molar-refractivity contribution in [1.29, 1.82) is 0 Å². The quantitative estimate of drug-likeness (QED) is 0.800. The van der Waals surface area contributed by atoms with Crippen molar-refractivity contribution >= 4 is 22.4 Å². The van der Waals surface area contributed by atoms with Crippen molar-refractivity contribution in [1.82, 2.24) is 4.98 Å². The fraction of sp³-hybridized carbons (Fsp3) is 0.733. The van der Waals surface area contributed by atoms with Crippen molar-refractivity contribution < 1.29 is 9.53 Å². The van der Waals surface area contributed by atoms with Crippen LogP contribution in [-0.4, -0.2) is 30.6 Å². The zero-order valence-corrected chi connectivity index (χ0v) is 13.6. The molecular weight excluding hydrogens is 272 g/mol. The maximum Gasteiger partial charge on any atom is 0.317 e. The Labute approximate surface area is 125 Å². The molecule has 0 amide bonds. The lowest BCUT2D eigenvalue weighted by molar-refractivity contribution is -0.148. The monoisotopic (exact) mass is 296 g/mol. The molecule has 0 saturated carbocycles. The Hall–Kier alpha value is -1.10. The van der Waals surface area contributed by atoms with Crippen LogP contribution in [0.3, 0.4) is 0 Å². The molecule has 5 heteroatoms. The highest BCUT2D eigenvalue weighted by atomic mass is 32.1. The number of hydrogen-bond donors (Lipinski definition) is 0. The van der Waals surface area contributed by atoms with Gasteiger partial charge in [-0.05, 0) is 39.5 Å². The van der Waals surface area contributed by atoms with E-state index in [2.05, 4.69) is 16.8 Å². The molecule has 0 N–H and O–H groups in total. The molecule has 1 saturated heterocycles. The molecule has 0 unspecified atom stereocenters. The number of carbonyl (C=O) groups is 1. The Morgan fingerprint density at radius 3 is 2.75 bits per heavy atom. The fourth-order valence-electron chi connectivity index (χ4n) is 2.31. The smallest absolute Gasteiger partial charge is 0.317 e. The number of rotatable bonds is 4. The average molecular weight is 296 g/mol. The van der Waals surface area contributed by atoms with Gasteiger partial charge in [-0.2, -0.15) is 0 Å². The molecule has 2 rings (SSSR count). The predicted molar refractivity (Wildman–Crippen MR) is 82.4 cm³/mol. The molecule has 1 aliphatic heterocycles. The van der Waals surface area contributed by atoms with Crippen molar-refractivity contribution in [3.8, 4) is 0 Å². The van der Waals surface area contributed by atoms with E-state index in [1.165, 1.54) is 12.8 Å². The van der Waals surface area contributed by atoms with Crippen LogP contribution in [0, 0.1) is 5.92 Å². The van der Waals surface area contributed by atoms with Crippen LogP contribution in [0.5, 0.6) is 0 Å². The Morgan fingerprint density at radius 2 is 2.15 bits per heavy atom. The standard InChI is InChI=1S/C15H24N2O2S/c1-5-19-13(18)15(3,4)12-10-20-14(16-12)17-8-6-11(2)7-9-17/h10-11H,5-9H2,1-4H3. The van der Waals surface area contributed by atoms with Gasteiger partial charge in [0.05, 0.1) is 12.3 Å². The largest absolute Gasteiger partial charge is 0.465 e. The molecule has 1 aromatic rings. The first-order valence-corrected chi connectivity index (χ1v) is 8.21. The van der Waals surface area contributed by atoms with E-state index >= 15 is 0 Å². The number of ether oxygens (including phenoxy) is 1. The topological polar surface area (TPSA) is 42.4 Å². The number of piperidine rings is 1. The minimum atomic E-state index is -0.673. The van der Waals surface area contributed by atoms with Gasteiger partial charge in [-0.15, -0.1) is 11.3 Å². The summed E-state index contributed by atoms with van der Waals surface area (Å²) in [6, 6.07) is 0. The van der Waals surface area contributed by atoms with Gasteiger partial charge in [0.15, 0.2) is 5.13 Å². The lowest BCUT2D eigenvalue weighted by Crippen LogP contribution is -2.34. The van der Waals surface area contributed by atoms with Gasteiger partial charge in [0.2, 0.25) is 0 Å². The van der Waals surface area contributed by atoms with E-state index in [4.69, 9.17) is 4.74 Å². The highest BCUT2D eigenvalue weighted by molar-refractivity contribution is 7.13. The van der Waals surface area contributed by atoms with E-state index < -0.39 is 5.41 Å². The highest BCUT2D eigenvalue weighted by Gasteiger charge is 2.34. The van der Waals surface area contributed by atoms with Crippen LogP contribution in [0.4, 0.5) is 5.13 Å². The molecule has 0 atom stereocenters. The molecule has 1 aliphatic rings. The van der Waals surface area contributed by atoms with E-state index in [0.29, 0.717) is 6.61 Å². The van der Waals surface area contributed by atoms with Gasteiger partial charge in [0.1, 0.15) is 5.41 Å². The summed E-state index contributed by atoms with van der Waals surface area (Å²) in [6.45, 7) is 10.4. The first-order valence-electron chi connectivity index (χ1n) is 7.33. The Bertz CT molecular complexity index is 462. The summed E-state index contributed by atoms with van der Waals surface area (Å²) < 4.78 is 5.14. The number of carbonyl (C=O) groups excluding carboxylic acids is 1. The second-order valence-electron chi connectivity index (χ2n) is 6.03. The third-order valence-electron chi connectivity index (χ3n) is 3.97. The van der Waals surface area contributed by atoms with Crippen LogP contribution in [0.25, 0.3) is 0 Å². The molecule has 20 heavy (non-hydrogen) atoms. The van der Waals surface area contributed by atoms with E-state index in [9.17, 15) is 4.79 Å². The van der Waals surface area contributed by atoms with Crippen molar-refractivity contribution in [2.45, 2.75) is 46.0 Å². The summed E-state index contributed by atoms with van der Waals surface area (Å²) in [5, 5.41) is 3.02. The Kier molecular flexibility index (Phi) is 4.68. The Balaban J connectivity index is 2.10. The number of aromatic nitrogens is 1. The van der Waals surface area contributed by atoms with Crippen LogP contribution < -0.4 is 4.90 Å². The minimum Gasteiger partial charge on any atom is -0.465 e. The molecule has 0 aliphatic carbocycles. The molecule has 2 heterocycles. The molecule has 1 aromatic heterocycles. The third-order valence-corrected chi connectivity index (χ3v) is 4.87.